The summed E-state index contributed by atoms with van der Waals surface area (Å²) >= 11 is 1.36. The number of rotatable bonds is 0. The molecule has 132 valence electrons. The van der Waals surface area contributed by atoms with Crippen molar-refractivity contribution < 1.29 is 23.3 Å². The van der Waals surface area contributed by atoms with Crippen LogP contribution in [0.25, 0.3) is 0 Å². The quantitative estimate of drug-likeness (QED) is 0.337. The van der Waals surface area contributed by atoms with Crippen LogP contribution in [-0.2, 0) is 23.3 Å². The van der Waals surface area contributed by atoms with Crippen LogP contribution in [-0.4, -0.2) is 6.88 Å². The van der Waals surface area contributed by atoms with Gasteiger partial charge in [0.15, 0.2) is 0 Å². The molecule has 0 amide bonds. The third-order valence-corrected chi connectivity index (χ3v) is 4.90. The summed E-state index contributed by atoms with van der Waals surface area (Å²) in [6, 6.07) is 0. The molecule has 2 radical (unpaired) electrons. The van der Waals surface area contributed by atoms with E-state index in [0.29, 0.717) is 0 Å². The van der Waals surface area contributed by atoms with Crippen molar-refractivity contribution in [3.05, 3.63) is 75.3 Å². The zero-order valence-corrected chi connectivity index (χ0v) is 19.2. The SMILES string of the molecule is CC1[CH-]C2=CC=CCC2C1.CC1[CH-]C2=CC=CCC2C1.[CH3-].[CH3-].[Si]=[Zr]. The number of hydrogen-bond acceptors (Lipinski definition) is 0. The molecule has 0 spiro atoms. The molecular formula is C22H32SiZr-4. The molecule has 24 heavy (non-hydrogen) atoms. The van der Waals surface area contributed by atoms with Gasteiger partial charge in [0.05, 0.1) is 0 Å². The van der Waals surface area contributed by atoms with Gasteiger partial charge in [0.25, 0.3) is 0 Å². The minimum absolute atomic E-state index is 0. The Morgan fingerprint density at radius 1 is 0.833 bits per heavy atom. The molecule has 4 aliphatic rings. The van der Waals surface area contributed by atoms with Crippen LogP contribution >= 0.6 is 0 Å². The standard InChI is InChI=1S/2C10H13.2CH3.Si.Zr/c2*1-8-6-9-4-2-3-5-10(9)7-8;;;;/h2*2-4,6,8,10H,5,7H2,1H3;2*1H3;;/q4*-1;;. The Morgan fingerprint density at radius 3 is 1.54 bits per heavy atom. The topological polar surface area (TPSA) is 0 Å². The second-order valence-electron chi connectivity index (χ2n) is 6.81. The summed E-state index contributed by atoms with van der Waals surface area (Å²) in [5, 5.41) is 0. The van der Waals surface area contributed by atoms with E-state index in [1.165, 1.54) is 49.0 Å². The van der Waals surface area contributed by atoms with Gasteiger partial charge in [-0.3, -0.25) is 0 Å². The molecule has 2 fully saturated rings. The van der Waals surface area contributed by atoms with Crippen molar-refractivity contribution in [1.29, 1.82) is 0 Å². The molecule has 0 aromatic carbocycles. The van der Waals surface area contributed by atoms with Gasteiger partial charge in [0.1, 0.15) is 0 Å². The van der Waals surface area contributed by atoms with Crippen LogP contribution in [0.3, 0.4) is 0 Å². The van der Waals surface area contributed by atoms with E-state index in [9.17, 15) is 0 Å². The van der Waals surface area contributed by atoms with Crippen molar-refractivity contribution in [2.24, 2.45) is 23.7 Å². The second-order valence-corrected chi connectivity index (χ2v) is 6.81. The Labute approximate surface area is 168 Å². The average Bonchev–Trinajstić information content (AvgIpc) is 3.10. The summed E-state index contributed by atoms with van der Waals surface area (Å²) in [4.78, 5) is 0. The zero-order valence-electron chi connectivity index (χ0n) is 15.8. The first kappa shape index (κ1) is 23.8. The van der Waals surface area contributed by atoms with E-state index in [2.05, 4.69) is 70.0 Å². The Bertz CT molecular complexity index is 442. The molecule has 0 nitrogen and oxygen atoms in total. The fourth-order valence-electron chi connectivity index (χ4n) is 3.93. The van der Waals surface area contributed by atoms with E-state index < -0.39 is 0 Å². The first-order valence-corrected chi connectivity index (χ1v) is 12.6. The zero-order chi connectivity index (χ0) is 15.9. The van der Waals surface area contributed by atoms with Gasteiger partial charge in [-0.1, -0.05) is 38.5 Å². The summed E-state index contributed by atoms with van der Waals surface area (Å²) in [6.45, 7) is 7.67. The van der Waals surface area contributed by atoms with Crippen LogP contribution in [0.1, 0.15) is 39.5 Å². The summed E-state index contributed by atoms with van der Waals surface area (Å²) in [5.41, 5.74) is 3.16. The van der Waals surface area contributed by atoms with Crippen LogP contribution < -0.4 is 0 Å². The summed E-state index contributed by atoms with van der Waals surface area (Å²) in [7, 11) is 0. The molecular weight excluding hydrogens is 384 g/mol. The van der Waals surface area contributed by atoms with Gasteiger partial charge < -0.3 is 14.9 Å². The summed E-state index contributed by atoms with van der Waals surface area (Å²) in [6.07, 6.45) is 23.5. The molecule has 0 aromatic rings. The van der Waals surface area contributed by atoms with Crippen molar-refractivity contribution in [3.8, 4) is 0 Å². The molecule has 0 aromatic heterocycles. The minimum atomic E-state index is 0. The van der Waals surface area contributed by atoms with Gasteiger partial charge in [-0.05, 0) is 24.7 Å². The molecule has 0 aliphatic heterocycles. The normalized spacial score (nSPS) is 30.7. The monoisotopic (exact) mass is 414 g/mol. The van der Waals surface area contributed by atoms with Crippen molar-refractivity contribution in [3.63, 3.8) is 0 Å². The van der Waals surface area contributed by atoms with E-state index in [1.807, 2.05) is 0 Å². The molecule has 0 saturated heterocycles. The third-order valence-electron chi connectivity index (χ3n) is 4.90. The second kappa shape index (κ2) is 12.2. The van der Waals surface area contributed by atoms with Crippen LogP contribution in [0.5, 0.6) is 0 Å². The number of hydrogen-bond donors (Lipinski definition) is 0. The average molecular weight is 416 g/mol. The van der Waals surface area contributed by atoms with Gasteiger partial charge in [0.2, 0.25) is 0 Å². The van der Waals surface area contributed by atoms with E-state index in [-0.39, 0.29) is 14.9 Å². The van der Waals surface area contributed by atoms with Crippen molar-refractivity contribution in [1.82, 2.24) is 0 Å². The maximum absolute atomic E-state index is 3.06. The van der Waals surface area contributed by atoms with Crippen molar-refractivity contribution >= 4 is 6.88 Å². The Balaban J connectivity index is 0.000000372. The third kappa shape index (κ3) is 6.60. The molecule has 4 aliphatic carbocycles. The summed E-state index contributed by atoms with van der Waals surface area (Å²) in [5.74, 6) is 3.35. The Morgan fingerprint density at radius 2 is 1.21 bits per heavy atom. The predicted octanol–water partition coefficient (Wildman–Crippen LogP) is 5.98. The Kier molecular flexibility index (Phi) is 12.1. The van der Waals surface area contributed by atoms with Gasteiger partial charge in [0, 0.05) is 0 Å². The van der Waals surface area contributed by atoms with E-state index in [0.717, 1.165) is 23.7 Å². The molecule has 4 rings (SSSR count). The van der Waals surface area contributed by atoms with Gasteiger partial charge >= 0.3 is 30.2 Å². The predicted molar refractivity (Wildman–Crippen MR) is 105 cm³/mol. The van der Waals surface area contributed by atoms with Crippen LogP contribution in [0.15, 0.2) is 47.6 Å². The van der Waals surface area contributed by atoms with E-state index in [1.54, 1.807) is 11.1 Å². The molecule has 0 heterocycles. The van der Waals surface area contributed by atoms with Crippen LogP contribution in [0.4, 0.5) is 0 Å². The van der Waals surface area contributed by atoms with Crippen molar-refractivity contribution in [2.45, 2.75) is 39.5 Å². The van der Waals surface area contributed by atoms with Gasteiger partial charge in [-0.15, -0.1) is 24.3 Å². The van der Waals surface area contributed by atoms with E-state index >= 15 is 0 Å². The molecule has 4 atom stereocenters. The molecule has 2 heteroatoms. The summed E-state index contributed by atoms with van der Waals surface area (Å²) < 4.78 is 0. The first-order valence-electron chi connectivity index (χ1n) is 8.40. The fraction of sp³-hybridized carbons (Fsp3) is 0.455. The van der Waals surface area contributed by atoms with Crippen molar-refractivity contribution in [2.75, 3.05) is 0 Å². The van der Waals surface area contributed by atoms with E-state index in [4.69, 9.17) is 0 Å². The number of fused-ring (bicyclic) bond motifs is 2. The molecule has 0 bridgehead atoms. The fourth-order valence-corrected chi connectivity index (χ4v) is 3.93. The van der Waals surface area contributed by atoms with Crippen LogP contribution in [0, 0.1) is 51.4 Å². The van der Waals surface area contributed by atoms with Gasteiger partial charge in [-0.2, -0.15) is 0 Å². The van der Waals surface area contributed by atoms with Gasteiger partial charge in [-0.25, -0.2) is 36.1 Å². The maximum atomic E-state index is 3.06. The molecule has 0 N–H and O–H groups in total. The van der Waals surface area contributed by atoms with Crippen LogP contribution in [0.2, 0.25) is 0 Å². The molecule has 4 unspecified atom stereocenters. The number of allylic oxidation sites excluding steroid dienone is 8. The Hall–Kier alpha value is -0.200. The first-order chi connectivity index (χ1) is 10.7. The molecule has 2 saturated carbocycles.